The van der Waals surface area contributed by atoms with E-state index in [1.165, 1.54) is 25.9 Å². The van der Waals surface area contributed by atoms with Crippen LogP contribution in [-0.2, 0) is 9.53 Å². The minimum absolute atomic E-state index is 0. The van der Waals surface area contributed by atoms with E-state index >= 15 is 0 Å². The van der Waals surface area contributed by atoms with Crippen molar-refractivity contribution in [1.82, 2.24) is 15.1 Å². The lowest BCUT2D eigenvalue weighted by molar-refractivity contribution is -0.149. The number of aliphatic imine (C=N–C) groups is 1. The van der Waals surface area contributed by atoms with Crippen LogP contribution in [-0.4, -0.2) is 74.1 Å². The number of rotatable bonds is 5. The van der Waals surface area contributed by atoms with Crippen molar-refractivity contribution < 1.29 is 9.53 Å². The fourth-order valence-electron chi connectivity index (χ4n) is 3.89. The summed E-state index contributed by atoms with van der Waals surface area (Å²) in [6, 6.07) is 0.629. The summed E-state index contributed by atoms with van der Waals surface area (Å²) in [6.45, 7) is 12.0. The number of piperidine rings is 2. The number of likely N-dealkylation sites (tertiary alicyclic amines) is 2. The summed E-state index contributed by atoms with van der Waals surface area (Å²) in [5.74, 6) is 1.67. The Hall–Kier alpha value is -0.570. The second kappa shape index (κ2) is 12.0. The van der Waals surface area contributed by atoms with E-state index in [1.54, 1.807) is 0 Å². The summed E-state index contributed by atoms with van der Waals surface area (Å²) in [6.07, 6.45) is 4.28. The fraction of sp³-hybridized carbons (Fsp3) is 0.895. The van der Waals surface area contributed by atoms with E-state index in [1.807, 2.05) is 14.0 Å². The number of nitrogens with zero attached hydrogens (tertiary/aromatic N) is 3. The highest BCUT2D eigenvalue weighted by atomic mass is 127. The predicted octanol–water partition coefficient (Wildman–Crippen LogP) is 2.58. The molecule has 2 rings (SSSR count). The van der Waals surface area contributed by atoms with Gasteiger partial charge < -0.3 is 19.9 Å². The number of ether oxygens (including phenoxy) is 1. The largest absolute Gasteiger partial charge is 0.466 e. The Bertz CT molecular complexity index is 451. The summed E-state index contributed by atoms with van der Waals surface area (Å²) in [7, 11) is 1.85. The number of esters is 1. The first-order valence-electron chi connectivity index (χ1n) is 9.91. The third-order valence-electron chi connectivity index (χ3n) is 5.46. The average Bonchev–Trinajstić information content (AvgIpc) is 2.63. The van der Waals surface area contributed by atoms with Crippen LogP contribution in [0.4, 0.5) is 0 Å². The molecule has 1 atom stereocenters. The molecule has 0 aromatic rings. The van der Waals surface area contributed by atoms with Crippen molar-refractivity contribution in [1.29, 1.82) is 0 Å². The molecule has 1 unspecified atom stereocenters. The maximum atomic E-state index is 11.9. The summed E-state index contributed by atoms with van der Waals surface area (Å²) in [4.78, 5) is 21.2. The minimum Gasteiger partial charge on any atom is -0.466 e. The van der Waals surface area contributed by atoms with Crippen LogP contribution < -0.4 is 5.32 Å². The third-order valence-corrected chi connectivity index (χ3v) is 5.46. The normalized spacial score (nSPS) is 22.9. The molecule has 0 spiro atoms. The molecule has 26 heavy (non-hydrogen) atoms. The van der Waals surface area contributed by atoms with E-state index in [4.69, 9.17) is 4.74 Å². The molecule has 0 aliphatic carbocycles. The molecule has 2 aliphatic rings. The maximum absolute atomic E-state index is 11.9. The Labute approximate surface area is 176 Å². The first-order chi connectivity index (χ1) is 12.0. The van der Waals surface area contributed by atoms with Gasteiger partial charge >= 0.3 is 5.97 Å². The Morgan fingerprint density at radius 3 is 2.50 bits per heavy atom. The van der Waals surface area contributed by atoms with Crippen molar-refractivity contribution in [3.8, 4) is 0 Å². The Morgan fingerprint density at radius 1 is 1.23 bits per heavy atom. The molecule has 2 aliphatic heterocycles. The Morgan fingerprint density at radius 2 is 1.92 bits per heavy atom. The van der Waals surface area contributed by atoms with Gasteiger partial charge in [0.25, 0.3) is 0 Å². The third kappa shape index (κ3) is 6.87. The van der Waals surface area contributed by atoms with Gasteiger partial charge in [0.05, 0.1) is 12.5 Å². The number of nitrogens with one attached hydrogen (secondary N) is 1. The van der Waals surface area contributed by atoms with Crippen LogP contribution in [0.15, 0.2) is 4.99 Å². The van der Waals surface area contributed by atoms with Crippen molar-refractivity contribution in [2.45, 2.75) is 52.5 Å². The quantitative estimate of drug-likeness (QED) is 0.284. The zero-order valence-corrected chi connectivity index (χ0v) is 19.2. The highest BCUT2D eigenvalue weighted by molar-refractivity contribution is 14.0. The van der Waals surface area contributed by atoms with Gasteiger partial charge in [-0.15, -0.1) is 24.0 Å². The topological polar surface area (TPSA) is 57.2 Å². The summed E-state index contributed by atoms with van der Waals surface area (Å²) in [5.41, 5.74) is 0. The molecule has 0 bridgehead atoms. The summed E-state index contributed by atoms with van der Waals surface area (Å²) < 4.78 is 5.15. The van der Waals surface area contributed by atoms with Crippen molar-refractivity contribution >= 4 is 35.9 Å². The van der Waals surface area contributed by atoms with E-state index < -0.39 is 0 Å². The predicted molar refractivity (Wildman–Crippen MR) is 117 cm³/mol. The SMILES string of the molecule is CCOC(=O)C1CCN(C(=NC)NCC2CCCN(C(C)C)C2)CC1.I. The highest BCUT2D eigenvalue weighted by Gasteiger charge is 2.28. The molecule has 152 valence electrons. The van der Waals surface area contributed by atoms with Crippen molar-refractivity contribution in [3.05, 3.63) is 0 Å². The van der Waals surface area contributed by atoms with E-state index in [0.29, 0.717) is 18.6 Å². The van der Waals surface area contributed by atoms with Gasteiger partial charge in [-0.3, -0.25) is 9.79 Å². The molecule has 0 aromatic carbocycles. The standard InChI is InChI=1S/C19H36N4O2.HI/c1-5-25-18(24)17-8-11-22(12-9-17)19(20-4)21-13-16-7-6-10-23(14-16)15(2)3;/h15-17H,5-14H2,1-4H3,(H,20,21);1H. The van der Waals surface area contributed by atoms with Crippen molar-refractivity contribution in [2.24, 2.45) is 16.8 Å². The lowest BCUT2D eigenvalue weighted by Gasteiger charge is -2.37. The first kappa shape index (κ1) is 23.5. The lowest BCUT2D eigenvalue weighted by Crippen LogP contribution is -2.49. The molecular formula is C19H37IN4O2. The molecule has 1 N–H and O–H groups in total. The van der Waals surface area contributed by atoms with E-state index in [2.05, 4.69) is 34.0 Å². The number of halogens is 1. The van der Waals surface area contributed by atoms with Gasteiger partial charge in [-0.1, -0.05) is 0 Å². The zero-order valence-electron chi connectivity index (χ0n) is 16.9. The smallest absolute Gasteiger partial charge is 0.309 e. The second-order valence-corrected chi connectivity index (χ2v) is 7.54. The van der Waals surface area contributed by atoms with E-state index in [9.17, 15) is 4.79 Å². The molecule has 6 nitrogen and oxygen atoms in total. The monoisotopic (exact) mass is 480 g/mol. The molecule has 0 amide bonds. The van der Waals surface area contributed by atoms with Gasteiger partial charge in [-0.05, 0) is 58.9 Å². The van der Waals surface area contributed by atoms with E-state index in [-0.39, 0.29) is 35.9 Å². The number of hydrogen-bond acceptors (Lipinski definition) is 4. The molecule has 2 fully saturated rings. The second-order valence-electron chi connectivity index (χ2n) is 7.54. The molecule has 0 saturated carbocycles. The van der Waals surface area contributed by atoms with Crippen LogP contribution in [0.2, 0.25) is 0 Å². The van der Waals surface area contributed by atoms with Crippen molar-refractivity contribution in [3.63, 3.8) is 0 Å². The van der Waals surface area contributed by atoms with Gasteiger partial charge in [0.2, 0.25) is 0 Å². The van der Waals surface area contributed by atoms with Gasteiger partial charge in [0.15, 0.2) is 5.96 Å². The first-order valence-corrected chi connectivity index (χ1v) is 9.91. The van der Waals surface area contributed by atoms with Crippen molar-refractivity contribution in [2.75, 3.05) is 46.4 Å². The average molecular weight is 480 g/mol. The molecule has 7 heteroatoms. The Kier molecular flexibility index (Phi) is 10.8. The fourth-order valence-corrected chi connectivity index (χ4v) is 3.89. The number of carbonyl (C=O) groups excluding carboxylic acids is 1. The number of hydrogen-bond donors (Lipinski definition) is 1. The van der Waals surface area contributed by atoms with Crippen LogP contribution in [0.3, 0.4) is 0 Å². The van der Waals surface area contributed by atoms with Crippen LogP contribution >= 0.6 is 24.0 Å². The van der Waals surface area contributed by atoms with E-state index in [0.717, 1.165) is 38.4 Å². The highest BCUT2D eigenvalue weighted by Crippen LogP contribution is 2.20. The molecule has 2 saturated heterocycles. The molecule has 0 radical (unpaired) electrons. The number of guanidine groups is 1. The lowest BCUT2D eigenvalue weighted by atomic mass is 9.96. The zero-order chi connectivity index (χ0) is 18.2. The van der Waals surface area contributed by atoms with Crippen LogP contribution in [0.5, 0.6) is 0 Å². The summed E-state index contributed by atoms with van der Waals surface area (Å²) >= 11 is 0. The molecule has 2 heterocycles. The van der Waals surface area contributed by atoms with Gasteiger partial charge in [-0.2, -0.15) is 0 Å². The molecular weight excluding hydrogens is 443 g/mol. The van der Waals surface area contributed by atoms with Gasteiger partial charge in [-0.25, -0.2) is 0 Å². The van der Waals surface area contributed by atoms with Crippen LogP contribution in [0.25, 0.3) is 0 Å². The Balaban J connectivity index is 0.00000338. The van der Waals surface area contributed by atoms with Crippen LogP contribution in [0, 0.1) is 11.8 Å². The molecule has 0 aromatic heterocycles. The number of carbonyl (C=O) groups is 1. The summed E-state index contributed by atoms with van der Waals surface area (Å²) in [5, 5.41) is 3.57. The minimum atomic E-state index is -0.0407. The van der Waals surface area contributed by atoms with Gasteiger partial charge in [0.1, 0.15) is 0 Å². The van der Waals surface area contributed by atoms with Gasteiger partial charge in [0, 0.05) is 39.3 Å². The maximum Gasteiger partial charge on any atom is 0.309 e. The van der Waals surface area contributed by atoms with Crippen LogP contribution in [0.1, 0.15) is 46.5 Å².